The van der Waals surface area contributed by atoms with Gasteiger partial charge in [-0.1, -0.05) is 0 Å². The van der Waals surface area contributed by atoms with Crippen molar-refractivity contribution in [3.63, 3.8) is 0 Å². The number of alkyl halides is 1. The maximum atomic E-state index is 5.87. The zero-order chi connectivity index (χ0) is 9.10. The van der Waals surface area contributed by atoms with Crippen molar-refractivity contribution in [1.82, 2.24) is 9.97 Å². The van der Waals surface area contributed by atoms with E-state index in [1.54, 1.807) is 18.6 Å². The molecule has 1 aliphatic rings. The van der Waals surface area contributed by atoms with Gasteiger partial charge in [0.25, 0.3) is 0 Å². The minimum Gasteiger partial charge on any atom is -0.369 e. The van der Waals surface area contributed by atoms with Crippen molar-refractivity contribution in [2.45, 2.75) is 18.2 Å². The standard InChI is InChI=1S/C9H12ClN3/c10-8-3-7(4-8)5-13-9-6-11-1-2-12-9/h1-2,6-8H,3-5H2,(H,12,13). The minimum absolute atomic E-state index is 0.397. The fourth-order valence-electron chi connectivity index (χ4n) is 1.46. The van der Waals surface area contributed by atoms with Gasteiger partial charge in [-0.05, 0) is 18.8 Å². The van der Waals surface area contributed by atoms with Crippen LogP contribution in [-0.2, 0) is 0 Å². The van der Waals surface area contributed by atoms with Crippen LogP contribution < -0.4 is 5.32 Å². The molecule has 4 heteroatoms. The van der Waals surface area contributed by atoms with Gasteiger partial charge in [-0.25, -0.2) is 4.98 Å². The summed E-state index contributed by atoms with van der Waals surface area (Å²) in [6.45, 7) is 0.960. The Kier molecular flexibility index (Phi) is 2.64. The van der Waals surface area contributed by atoms with E-state index in [0.717, 1.165) is 25.2 Å². The van der Waals surface area contributed by atoms with Crippen molar-refractivity contribution in [2.24, 2.45) is 5.92 Å². The van der Waals surface area contributed by atoms with Crippen molar-refractivity contribution >= 4 is 17.4 Å². The van der Waals surface area contributed by atoms with E-state index in [1.807, 2.05) is 0 Å². The molecule has 0 amide bonds. The summed E-state index contributed by atoms with van der Waals surface area (Å²) in [5.74, 6) is 1.56. The Hall–Kier alpha value is -0.830. The SMILES string of the molecule is ClC1CC(CNc2cnccn2)C1. The van der Waals surface area contributed by atoms with E-state index >= 15 is 0 Å². The zero-order valence-corrected chi connectivity index (χ0v) is 8.04. The van der Waals surface area contributed by atoms with Crippen LogP contribution >= 0.6 is 11.6 Å². The van der Waals surface area contributed by atoms with Gasteiger partial charge in [0.05, 0.1) is 6.20 Å². The van der Waals surface area contributed by atoms with Gasteiger partial charge >= 0.3 is 0 Å². The first-order valence-corrected chi connectivity index (χ1v) is 4.92. The first-order chi connectivity index (χ1) is 6.34. The second-order valence-electron chi connectivity index (χ2n) is 3.41. The third-order valence-corrected chi connectivity index (χ3v) is 2.67. The third kappa shape index (κ3) is 2.31. The molecule has 0 aliphatic heterocycles. The Morgan fingerprint density at radius 2 is 2.31 bits per heavy atom. The Balaban J connectivity index is 1.74. The number of halogens is 1. The molecule has 70 valence electrons. The molecule has 1 aromatic rings. The van der Waals surface area contributed by atoms with Gasteiger partial charge in [-0.15, -0.1) is 11.6 Å². The lowest BCUT2D eigenvalue weighted by molar-refractivity contribution is 0.341. The monoisotopic (exact) mass is 197 g/mol. The highest BCUT2D eigenvalue weighted by Crippen LogP contribution is 2.31. The topological polar surface area (TPSA) is 37.8 Å². The molecule has 0 atom stereocenters. The number of rotatable bonds is 3. The molecular weight excluding hydrogens is 186 g/mol. The number of nitrogens with zero attached hydrogens (tertiary/aromatic N) is 2. The smallest absolute Gasteiger partial charge is 0.144 e. The second kappa shape index (κ2) is 3.92. The van der Waals surface area contributed by atoms with E-state index in [4.69, 9.17) is 11.6 Å². The molecular formula is C9H12ClN3. The van der Waals surface area contributed by atoms with Crippen molar-refractivity contribution in [3.05, 3.63) is 18.6 Å². The summed E-state index contributed by atoms with van der Waals surface area (Å²) in [4.78, 5) is 8.09. The lowest BCUT2D eigenvalue weighted by atomic mass is 9.85. The van der Waals surface area contributed by atoms with Crippen molar-refractivity contribution in [1.29, 1.82) is 0 Å². The van der Waals surface area contributed by atoms with E-state index in [2.05, 4.69) is 15.3 Å². The molecule has 0 saturated heterocycles. The lowest BCUT2D eigenvalue weighted by Crippen LogP contribution is -2.30. The van der Waals surface area contributed by atoms with Crippen LogP contribution in [0.3, 0.4) is 0 Å². The lowest BCUT2D eigenvalue weighted by Gasteiger charge is -2.30. The normalized spacial score (nSPS) is 26.5. The number of hydrogen-bond donors (Lipinski definition) is 1. The highest BCUT2D eigenvalue weighted by atomic mass is 35.5. The molecule has 1 heterocycles. The Labute approximate surface area is 82.5 Å². The predicted octanol–water partition coefficient (Wildman–Crippen LogP) is 1.91. The van der Waals surface area contributed by atoms with Crippen LogP contribution in [0.2, 0.25) is 0 Å². The fraction of sp³-hybridized carbons (Fsp3) is 0.556. The molecule has 0 aromatic carbocycles. The van der Waals surface area contributed by atoms with Crippen LogP contribution in [0.5, 0.6) is 0 Å². The molecule has 13 heavy (non-hydrogen) atoms. The van der Waals surface area contributed by atoms with E-state index in [-0.39, 0.29) is 0 Å². The third-order valence-electron chi connectivity index (χ3n) is 2.31. The molecule has 1 aromatic heterocycles. The van der Waals surface area contributed by atoms with Gasteiger partial charge in [0, 0.05) is 24.3 Å². The summed E-state index contributed by atoms with van der Waals surface area (Å²) < 4.78 is 0. The molecule has 0 bridgehead atoms. The maximum Gasteiger partial charge on any atom is 0.144 e. The van der Waals surface area contributed by atoms with Crippen molar-refractivity contribution in [3.8, 4) is 0 Å². The van der Waals surface area contributed by atoms with Gasteiger partial charge in [0.1, 0.15) is 5.82 Å². The van der Waals surface area contributed by atoms with Gasteiger partial charge in [-0.2, -0.15) is 0 Å². The van der Waals surface area contributed by atoms with Gasteiger partial charge in [0.2, 0.25) is 0 Å². The molecule has 0 unspecified atom stereocenters. The van der Waals surface area contributed by atoms with Gasteiger partial charge < -0.3 is 5.32 Å². The molecule has 1 saturated carbocycles. The molecule has 2 rings (SSSR count). The average Bonchev–Trinajstić information content (AvgIpc) is 2.12. The summed E-state index contributed by atoms with van der Waals surface area (Å²) >= 11 is 5.87. The van der Waals surface area contributed by atoms with Crippen LogP contribution in [-0.4, -0.2) is 21.9 Å². The molecule has 1 aliphatic carbocycles. The Bertz CT molecular complexity index is 259. The molecule has 0 spiro atoms. The van der Waals surface area contributed by atoms with Gasteiger partial charge in [-0.3, -0.25) is 4.98 Å². The zero-order valence-electron chi connectivity index (χ0n) is 7.28. The van der Waals surface area contributed by atoms with E-state index in [0.29, 0.717) is 11.3 Å². The number of anilines is 1. The van der Waals surface area contributed by atoms with Crippen molar-refractivity contribution < 1.29 is 0 Å². The number of hydrogen-bond acceptors (Lipinski definition) is 3. The quantitative estimate of drug-likeness (QED) is 0.753. The highest BCUT2D eigenvalue weighted by molar-refractivity contribution is 6.21. The molecule has 0 radical (unpaired) electrons. The van der Waals surface area contributed by atoms with Crippen LogP contribution in [0, 0.1) is 5.92 Å². The van der Waals surface area contributed by atoms with E-state index in [1.165, 1.54) is 0 Å². The number of nitrogens with one attached hydrogen (secondary N) is 1. The summed E-state index contributed by atoms with van der Waals surface area (Å²) in [6, 6.07) is 0. The molecule has 1 fully saturated rings. The summed E-state index contributed by atoms with van der Waals surface area (Å²) in [5, 5.41) is 3.63. The summed E-state index contributed by atoms with van der Waals surface area (Å²) in [7, 11) is 0. The predicted molar refractivity (Wildman–Crippen MR) is 52.9 cm³/mol. The summed E-state index contributed by atoms with van der Waals surface area (Å²) in [6.07, 6.45) is 7.33. The first kappa shape index (κ1) is 8.75. The Morgan fingerprint density at radius 3 is 2.92 bits per heavy atom. The van der Waals surface area contributed by atoms with Crippen LogP contribution in [0.4, 0.5) is 5.82 Å². The largest absolute Gasteiger partial charge is 0.369 e. The molecule has 1 N–H and O–H groups in total. The second-order valence-corrected chi connectivity index (χ2v) is 4.02. The van der Waals surface area contributed by atoms with Crippen molar-refractivity contribution in [2.75, 3.05) is 11.9 Å². The summed E-state index contributed by atoms with van der Waals surface area (Å²) in [5.41, 5.74) is 0. The fourth-order valence-corrected chi connectivity index (χ4v) is 1.96. The first-order valence-electron chi connectivity index (χ1n) is 4.48. The Morgan fingerprint density at radius 1 is 1.46 bits per heavy atom. The van der Waals surface area contributed by atoms with Crippen LogP contribution in [0.15, 0.2) is 18.6 Å². The molecule has 3 nitrogen and oxygen atoms in total. The highest BCUT2D eigenvalue weighted by Gasteiger charge is 2.26. The van der Waals surface area contributed by atoms with Crippen LogP contribution in [0.25, 0.3) is 0 Å². The van der Waals surface area contributed by atoms with E-state index in [9.17, 15) is 0 Å². The average molecular weight is 198 g/mol. The maximum absolute atomic E-state index is 5.87. The number of aromatic nitrogens is 2. The van der Waals surface area contributed by atoms with Gasteiger partial charge in [0.15, 0.2) is 0 Å². The minimum atomic E-state index is 0.397. The van der Waals surface area contributed by atoms with E-state index < -0.39 is 0 Å². The van der Waals surface area contributed by atoms with Crippen LogP contribution in [0.1, 0.15) is 12.8 Å².